The molecule has 132 valence electrons. The van der Waals surface area contributed by atoms with E-state index in [1.54, 1.807) is 12.0 Å². The summed E-state index contributed by atoms with van der Waals surface area (Å²) in [6, 6.07) is 7.65. The van der Waals surface area contributed by atoms with E-state index in [-0.39, 0.29) is 0 Å². The lowest BCUT2D eigenvalue weighted by atomic mass is 10.1. The van der Waals surface area contributed by atoms with Crippen molar-refractivity contribution in [3.63, 3.8) is 0 Å². The summed E-state index contributed by atoms with van der Waals surface area (Å²) < 4.78 is 5.10. The third-order valence-corrected chi connectivity index (χ3v) is 4.16. The van der Waals surface area contributed by atoms with Crippen LogP contribution in [-0.2, 0) is 16.0 Å². The Balaban J connectivity index is 1.71. The topological polar surface area (TPSA) is 87.9 Å². The molecule has 2 rings (SSSR count). The molecule has 0 atom stereocenters. The first-order chi connectivity index (χ1) is 11.6. The highest BCUT2D eigenvalue weighted by Gasteiger charge is 2.25. The van der Waals surface area contributed by atoms with Crippen molar-refractivity contribution in [2.75, 3.05) is 52.9 Å². The molecule has 2 amide bonds. The molecule has 0 aliphatic carbocycles. The van der Waals surface area contributed by atoms with Gasteiger partial charge in [-0.05, 0) is 24.1 Å². The van der Waals surface area contributed by atoms with Crippen molar-refractivity contribution in [3.05, 3.63) is 29.8 Å². The van der Waals surface area contributed by atoms with Gasteiger partial charge in [-0.25, -0.2) is 0 Å². The number of rotatable bonds is 6. The summed E-state index contributed by atoms with van der Waals surface area (Å²) in [4.78, 5) is 27.9. The molecule has 3 N–H and O–H groups in total. The van der Waals surface area contributed by atoms with Crippen LogP contribution in [0.1, 0.15) is 5.56 Å². The summed E-state index contributed by atoms with van der Waals surface area (Å²) in [6.07, 6.45) is 0.674. The summed E-state index contributed by atoms with van der Waals surface area (Å²) in [5, 5.41) is 2.70. The second-order valence-corrected chi connectivity index (χ2v) is 5.78. The van der Waals surface area contributed by atoms with Gasteiger partial charge >= 0.3 is 11.8 Å². The van der Waals surface area contributed by atoms with E-state index in [9.17, 15) is 9.59 Å². The van der Waals surface area contributed by atoms with Crippen LogP contribution in [0.3, 0.4) is 0 Å². The number of piperazine rings is 1. The maximum absolute atomic E-state index is 12.1. The van der Waals surface area contributed by atoms with Crippen molar-refractivity contribution in [2.45, 2.75) is 6.42 Å². The maximum Gasteiger partial charge on any atom is 0.311 e. The molecule has 1 fully saturated rings. The van der Waals surface area contributed by atoms with E-state index < -0.39 is 11.8 Å². The van der Waals surface area contributed by atoms with Gasteiger partial charge in [-0.15, -0.1) is 0 Å². The highest BCUT2D eigenvalue weighted by Crippen LogP contribution is 2.11. The Labute approximate surface area is 142 Å². The van der Waals surface area contributed by atoms with Crippen LogP contribution in [0.15, 0.2) is 24.3 Å². The number of methoxy groups -OCH3 is 1. The number of nitrogens with zero attached hydrogens (tertiary/aromatic N) is 2. The Morgan fingerprint density at radius 2 is 1.83 bits per heavy atom. The SMILES string of the molecule is COc1ccc(CCNC(=O)C(=O)N2CCN(CCN)CC2)cc1. The zero-order valence-electron chi connectivity index (χ0n) is 14.2. The van der Waals surface area contributed by atoms with Gasteiger partial charge in [0.25, 0.3) is 0 Å². The summed E-state index contributed by atoms with van der Waals surface area (Å²) in [5.74, 6) is -0.181. The Hall–Kier alpha value is -2.12. The van der Waals surface area contributed by atoms with Crippen molar-refractivity contribution in [3.8, 4) is 5.75 Å². The number of amides is 2. The molecule has 1 aliphatic heterocycles. The Bertz CT molecular complexity index is 539. The average Bonchev–Trinajstić information content (AvgIpc) is 2.62. The molecular weight excluding hydrogens is 308 g/mol. The number of nitrogens with one attached hydrogen (secondary N) is 1. The number of hydrogen-bond donors (Lipinski definition) is 2. The summed E-state index contributed by atoms with van der Waals surface area (Å²) >= 11 is 0. The standard InChI is InChI=1S/C17H26N4O3/c1-24-15-4-2-14(3-5-15)6-8-19-16(22)17(23)21-12-10-20(9-7-18)11-13-21/h2-5H,6-13,18H2,1H3,(H,19,22). The van der Waals surface area contributed by atoms with Gasteiger partial charge in [0.1, 0.15) is 5.75 Å². The quantitative estimate of drug-likeness (QED) is 0.682. The van der Waals surface area contributed by atoms with E-state index in [1.165, 1.54) is 0 Å². The van der Waals surface area contributed by atoms with Crippen LogP contribution in [0.25, 0.3) is 0 Å². The highest BCUT2D eigenvalue weighted by molar-refractivity contribution is 6.35. The van der Waals surface area contributed by atoms with Gasteiger partial charge in [0, 0.05) is 45.8 Å². The smallest absolute Gasteiger partial charge is 0.311 e. The van der Waals surface area contributed by atoms with Crippen LogP contribution in [0.2, 0.25) is 0 Å². The van der Waals surface area contributed by atoms with E-state index in [4.69, 9.17) is 10.5 Å². The van der Waals surface area contributed by atoms with Gasteiger partial charge < -0.3 is 20.7 Å². The van der Waals surface area contributed by atoms with Crippen LogP contribution in [0.5, 0.6) is 5.75 Å². The fraction of sp³-hybridized carbons (Fsp3) is 0.529. The minimum atomic E-state index is -0.532. The summed E-state index contributed by atoms with van der Waals surface area (Å²) in [7, 11) is 1.62. The van der Waals surface area contributed by atoms with Gasteiger partial charge in [-0.3, -0.25) is 14.5 Å². The Morgan fingerprint density at radius 1 is 1.17 bits per heavy atom. The van der Waals surface area contributed by atoms with Gasteiger partial charge in [-0.2, -0.15) is 0 Å². The number of benzene rings is 1. The van der Waals surface area contributed by atoms with Crippen LogP contribution in [0, 0.1) is 0 Å². The molecule has 0 bridgehead atoms. The molecule has 7 nitrogen and oxygen atoms in total. The highest BCUT2D eigenvalue weighted by atomic mass is 16.5. The summed E-state index contributed by atoms with van der Waals surface area (Å²) in [5.41, 5.74) is 6.61. The molecule has 0 spiro atoms. The van der Waals surface area contributed by atoms with Gasteiger partial charge in [0.2, 0.25) is 0 Å². The van der Waals surface area contributed by atoms with E-state index >= 15 is 0 Å². The zero-order valence-corrected chi connectivity index (χ0v) is 14.2. The molecular formula is C17H26N4O3. The molecule has 0 radical (unpaired) electrons. The molecule has 1 saturated heterocycles. The molecule has 1 aromatic rings. The van der Waals surface area contributed by atoms with Crippen molar-refractivity contribution < 1.29 is 14.3 Å². The molecule has 0 aromatic heterocycles. The fourth-order valence-electron chi connectivity index (χ4n) is 2.69. The number of carbonyl (C=O) groups is 2. The van der Waals surface area contributed by atoms with Crippen LogP contribution in [0.4, 0.5) is 0 Å². The first-order valence-corrected chi connectivity index (χ1v) is 8.26. The van der Waals surface area contributed by atoms with Gasteiger partial charge in [0.05, 0.1) is 7.11 Å². The van der Waals surface area contributed by atoms with Crippen LogP contribution >= 0.6 is 0 Å². The molecule has 1 heterocycles. The minimum Gasteiger partial charge on any atom is -0.497 e. The first-order valence-electron chi connectivity index (χ1n) is 8.26. The van der Waals surface area contributed by atoms with E-state index in [0.29, 0.717) is 32.6 Å². The van der Waals surface area contributed by atoms with E-state index in [0.717, 1.165) is 30.9 Å². The van der Waals surface area contributed by atoms with Crippen molar-refractivity contribution in [1.82, 2.24) is 15.1 Å². The molecule has 0 unspecified atom stereocenters. The normalized spacial score (nSPS) is 15.2. The second-order valence-electron chi connectivity index (χ2n) is 5.78. The van der Waals surface area contributed by atoms with E-state index in [2.05, 4.69) is 10.2 Å². The lowest BCUT2D eigenvalue weighted by Gasteiger charge is -2.34. The predicted octanol–water partition coefficient (Wildman–Crippen LogP) is -0.543. The average molecular weight is 334 g/mol. The third-order valence-electron chi connectivity index (χ3n) is 4.16. The van der Waals surface area contributed by atoms with Crippen molar-refractivity contribution >= 4 is 11.8 Å². The molecule has 1 aromatic carbocycles. The lowest BCUT2D eigenvalue weighted by Crippen LogP contribution is -2.53. The molecule has 0 saturated carbocycles. The maximum atomic E-state index is 12.1. The molecule has 1 aliphatic rings. The Morgan fingerprint density at radius 3 is 2.42 bits per heavy atom. The monoisotopic (exact) mass is 334 g/mol. The number of hydrogen-bond acceptors (Lipinski definition) is 5. The number of ether oxygens (including phenoxy) is 1. The largest absolute Gasteiger partial charge is 0.497 e. The second kappa shape index (κ2) is 9.24. The lowest BCUT2D eigenvalue weighted by molar-refractivity contribution is -0.146. The zero-order chi connectivity index (χ0) is 17.4. The number of nitrogens with two attached hydrogens (primary N) is 1. The predicted molar refractivity (Wildman–Crippen MR) is 91.8 cm³/mol. The van der Waals surface area contributed by atoms with Crippen LogP contribution < -0.4 is 15.8 Å². The van der Waals surface area contributed by atoms with Crippen LogP contribution in [-0.4, -0.2) is 74.5 Å². The minimum absolute atomic E-state index is 0.435. The first kappa shape index (κ1) is 18.2. The molecule has 24 heavy (non-hydrogen) atoms. The van der Waals surface area contributed by atoms with Crippen molar-refractivity contribution in [1.29, 1.82) is 0 Å². The van der Waals surface area contributed by atoms with Gasteiger partial charge in [0.15, 0.2) is 0 Å². The summed E-state index contributed by atoms with van der Waals surface area (Å²) in [6.45, 7) is 4.56. The van der Waals surface area contributed by atoms with E-state index in [1.807, 2.05) is 24.3 Å². The van der Waals surface area contributed by atoms with Crippen molar-refractivity contribution in [2.24, 2.45) is 5.73 Å². The molecule has 7 heteroatoms. The Kier molecular flexibility index (Phi) is 7.02. The number of carbonyl (C=O) groups excluding carboxylic acids is 2. The fourth-order valence-corrected chi connectivity index (χ4v) is 2.69. The van der Waals surface area contributed by atoms with Gasteiger partial charge in [-0.1, -0.05) is 12.1 Å². The third kappa shape index (κ3) is 5.21.